The van der Waals surface area contributed by atoms with Crippen molar-refractivity contribution in [2.75, 3.05) is 33.9 Å². The topological polar surface area (TPSA) is 55.7 Å². The van der Waals surface area contributed by atoms with E-state index in [2.05, 4.69) is 23.8 Å². The van der Waals surface area contributed by atoms with Crippen molar-refractivity contribution in [3.8, 4) is 0 Å². The van der Waals surface area contributed by atoms with Crippen molar-refractivity contribution in [3.63, 3.8) is 0 Å². The zero-order chi connectivity index (χ0) is 20.8. The SMILES string of the molecule is CC.CC.CCC1CCSc2ccc(CS(O)(O)NC)cc21.CN(C)C. The molecule has 0 amide bonds. The smallest absolute Gasteiger partial charge is 0.0778 e. The van der Waals surface area contributed by atoms with Gasteiger partial charge in [0, 0.05) is 11.9 Å². The van der Waals surface area contributed by atoms with Crippen LogP contribution in [0.15, 0.2) is 23.1 Å². The maximum absolute atomic E-state index is 9.73. The predicted octanol–water partition coefficient (Wildman–Crippen LogP) is 6.29. The van der Waals surface area contributed by atoms with Crippen molar-refractivity contribution in [2.45, 2.75) is 64.0 Å². The van der Waals surface area contributed by atoms with Crippen LogP contribution in [0.3, 0.4) is 0 Å². The fourth-order valence-corrected chi connectivity index (χ4v) is 4.30. The molecule has 1 aliphatic rings. The van der Waals surface area contributed by atoms with Crippen molar-refractivity contribution < 1.29 is 9.11 Å². The monoisotopic (exact) mass is 406 g/mol. The predicted molar refractivity (Wildman–Crippen MR) is 123 cm³/mol. The molecule has 6 heteroatoms. The summed E-state index contributed by atoms with van der Waals surface area (Å²) >= 11 is 1.91. The molecular weight excluding hydrogens is 364 g/mol. The Hall–Kier alpha value is -0.240. The molecule has 0 spiro atoms. The number of benzene rings is 1. The lowest BCUT2D eigenvalue weighted by Crippen LogP contribution is -2.17. The highest BCUT2D eigenvalue weighted by Crippen LogP contribution is 2.42. The van der Waals surface area contributed by atoms with Crippen LogP contribution in [-0.2, 0) is 5.75 Å². The van der Waals surface area contributed by atoms with Crippen molar-refractivity contribution in [3.05, 3.63) is 29.3 Å². The van der Waals surface area contributed by atoms with Gasteiger partial charge in [-0.1, -0.05) is 46.8 Å². The van der Waals surface area contributed by atoms with Gasteiger partial charge >= 0.3 is 0 Å². The first-order valence-corrected chi connectivity index (χ1v) is 12.3. The van der Waals surface area contributed by atoms with Gasteiger partial charge in [-0.15, -0.1) is 22.5 Å². The average molecular weight is 407 g/mol. The Kier molecular flexibility index (Phi) is 17.0. The van der Waals surface area contributed by atoms with Crippen LogP contribution in [-0.4, -0.2) is 47.9 Å². The summed E-state index contributed by atoms with van der Waals surface area (Å²) in [5.74, 6) is 2.10. The summed E-state index contributed by atoms with van der Waals surface area (Å²) in [4.78, 5) is 3.36. The van der Waals surface area contributed by atoms with Gasteiger partial charge in [-0.05, 0) is 62.8 Å². The van der Waals surface area contributed by atoms with Crippen LogP contribution in [0.1, 0.15) is 64.5 Å². The molecule has 0 fully saturated rings. The Morgan fingerprint density at radius 2 is 1.69 bits per heavy atom. The summed E-state index contributed by atoms with van der Waals surface area (Å²) in [7, 11) is 4.90. The highest BCUT2D eigenvalue weighted by Gasteiger charge is 2.20. The molecule has 3 N–H and O–H groups in total. The van der Waals surface area contributed by atoms with Crippen molar-refractivity contribution in [1.29, 1.82) is 0 Å². The summed E-state index contributed by atoms with van der Waals surface area (Å²) in [6, 6.07) is 6.29. The summed E-state index contributed by atoms with van der Waals surface area (Å²) in [5, 5.41) is 0. The van der Waals surface area contributed by atoms with Gasteiger partial charge in [0.1, 0.15) is 0 Å². The molecule has 1 heterocycles. The van der Waals surface area contributed by atoms with Crippen LogP contribution in [0.4, 0.5) is 0 Å². The number of nitrogens with one attached hydrogen (secondary N) is 1. The number of hydrogen-bond donors (Lipinski definition) is 3. The third kappa shape index (κ3) is 11.5. The summed E-state index contributed by atoms with van der Waals surface area (Å²) in [6.07, 6.45) is 2.37. The molecule has 156 valence electrons. The van der Waals surface area contributed by atoms with E-state index in [0.717, 1.165) is 12.0 Å². The molecule has 0 saturated carbocycles. The third-order valence-corrected chi connectivity index (χ3v) is 5.94. The Morgan fingerprint density at radius 1 is 1.15 bits per heavy atom. The lowest BCUT2D eigenvalue weighted by Gasteiger charge is -2.32. The van der Waals surface area contributed by atoms with Crippen molar-refractivity contribution in [2.24, 2.45) is 0 Å². The van der Waals surface area contributed by atoms with E-state index < -0.39 is 10.8 Å². The zero-order valence-corrected chi connectivity index (χ0v) is 19.9. The molecule has 1 aromatic carbocycles. The Morgan fingerprint density at radius 3 is 2.15 bits per heavy atom. The standard InChI is InChI=1S/C13H21NO2S2.C3H9N.2C2H6/c1-3-11-6-7-17-13-5-4-10(8-12(11)13)9-18(15,16)14-2;1-4(2)3;2*1-2/h4-5,8,11,14-16H,3,6-7,9H2,1-2H3;1-3H3;2*1-2H3. The fraction of sp³-hybridized carbons (Fsp3) is 0.700. The van der Waals surface area contributed by atoms with Crippen LogP contribution < -0.4 is 4.72 Å². The maximum Gasteiger partial charge on any atom is 0.0778 e. The van der Waals surface area contributed by atoms with Gasteiger partial charge in [-0.25, -0.2) is 4.72 Å². The van der Waals surface area contributed by atoms with Gasteiger partial charge in [-0.3, -0.25) is 9.11 Å². The molecule has 1 aliphatic heterocycles. The maximum atomic E-state index is 9.73. The minimum atomic E-state index is -2.68. The summed E-state index contributed by atoms with van der Waals surface area (Å²) in [5.41, 5.74) is 2.39. The zero-order valence-electron chi connectivity index (χ0n) is 18.3. The molecule has 26 heavy (non-hydrogen) atoms. The molecule has 0 radical (unpaired) electrons. The van der Waals surface area contributed by atoms with E-state index in [9.17, 15) is 9.11 Å². The number of thioether (sulfide) groups is 1. The Balaban J connectivity index is 0. The van der Waals surface area contributed by atoms with Gasteiger partial charge in [0.2, 0.25) is 0 Å². The lowest BCUT2D eigenvalue weighted by molar-refractivity contribution is 0.475. The second kappa shape index (κ2) is 15.8. The van der Waals surface area contributed by atoms with E-state index in [0.29, 0.717) is 5.92 Å². The van der Waals surface area contributed by atoms with Gasteiger partial charge in [0.05, 0.1) is 5.75 Å². The summed E-state index contributed by atoms with van der Waals surface area (Å²) < 4.78 is 22.0. The van der Waals surface area contributed by atoms with Crippen molar-refractivity contribution in [1.82, 2.24) is 9.62 Å². The highest BCUT2D eigenvalue weighted by atomic mass is 32.3. The van der Waals surface area contributed by atoms with Crippen LogP contribution in [0.2, 0.25) is 0 Å². The molecule has 0 saturated heterocycles. The second-order valence-corrected chi connectivity index (χ2v) is 9.14. The third-order valence-electron chi connectivity index (χ3n) is 3.43. The average Bonchev–Trinajstić information content (AvgIpc) is 2.64. The highest BCUT2D eigenvalue weighted by molar-refractivity contribution is 8.21. The normalized spacial score (nSPS) is 16.1. The van der Waals surface area contributed by atoms with E-state index in [4.69, 9.17) is 0 Å². The van der Waals surface area contributed by atoms with Crippen LogP contribution in [0.25, 0.3) is 0 Å². The molecule has 1 aromatic rings. The quantitative estimate of drug-likeness (QED) is 0.548. The van der Waals surface area contributed by atoms with E-state index in [-0.39, 0.29) is 5.75 Å². The summed E-state index contributed by atoms with van der Waals surface area (Å²) in [6.45, 7) is 10.2. The Labute approximate surface area is 168 Å². The van der Waals surface area contributed by atoms with Crippen LogP contribution in [0.5, 0.6) is 0 Å². The van der Waals surface area contributed by atoms with E-state index in [1.54, 1.807) is 7.05 Å². The molecule has 0 bridgehead atoms. The van der Waals surface area contributed by atoms with Crippen LogP contribution >= 0.6 is 22.5 Å². The first-order valence-electron chi connectivity index (χ1n) is 9.60. The van der Waals surface area contributed by atoms with Gasteiger partial charge in [-0.2, -0.15) is 0 Å². The first kappa shape index (κ1) is 28.0. The van der Waals surface area contributed by atoms with E-state index in [1.165, 1.54) is 22.6 Å². The largest absolute Gasteiger partial charge is 0.312 e. The van der Waals surface area contributed by atoms with Gasteiger partial charge < -0.3 is 4.90 Å². The van der Waals surface area contributed by atoms with Gasteiger partial charge in [0.15, 0.2) is 0 Å². The number of fused-ring (bicyclic) bond motifs is 1. The minimum absolute atomic E-state index is 0.290. The van der Waals surface area contributed by atoms with E-state index in [1.807, 2.05) is 71.6 Å². The van der Waals surface area contributed by atoms with Crippen LogP contribution in [0, 0.1) is 0 Å². The second-order valence-electron chi connectivity index (χ2n) is 5.97. The fourth-order valence-electron chi connectivity index (χ4n) is 2.33. The molecule has 4 nitrogen and oxygen atoms in total. The molecule has 2 rings (SSSR count). The first-order chi connectivity index (χ1) is 12.3. The van der Waals surface area contributed by atoms with E-state index >= 15 is 0 Å². The molecule has 0 aliphatic carbocycles. The molecule has 0 aromatic heterocycles. The number of nitrogens with zero attached hydrogens (tertiary/aromatic N) is 1. The molecular formula is C20H42N2O2S2. The lowest BCUT2D eigenvalue weighted by atomic mass is 9.92. The molecule has 1 unspecified atom stereocenters. The molecule has 1 atom stereocenters. The number of hydrogen-bond acceptors (Lipinski definition) is 5. The Bertz CT molecular complexity index is 466. The number of rotatable bonds is 4. The van der Waals surface area contributed by atoms with Gasteiger partial charge in [0.25, 0.3) is 0 Å². The van der Waals surface area contributed by atoms with Crippen molar-refractivity contribution >= 4 is 22.5 Å². The minimum Gasteiger partial charge on any atom is -0.312 e.